The van der Waals surface area contributed by atoms with Gasteiger partial charge in [-0.3, -0.25) is 9.89 Å². The number of aliphatic imine (C=N–C) groups is 1. The van der Waals surface area contributed by atoms with Crippen molar-refractivity contribution in [2.75, 3.05) is 46.7 Å². The molecule has 3 rings (SSSR count). The molecule has 8 heteroatoms. The van der Waals surface area contributed by atoms with Crippen LogP contribution in [0.25, 0.3) is 0 Å². The smallest absolute Gasteiger partial charge is 0.231 e. The Labute approximate surface area is 178 Å². The largest absolute Gasteiger partial charge is 0.454 e. The lowest BCUT2D eigenvalue weighted by atomic mass is 10.1. The van der Waals surface area contributed by atoms with Crippen molar-refractivity contribution in [3.8, 4) is 11.5 Å². The van der Waals surface area contributed by atoms with Gasteiger partial charge in [-0.15, -0.1) is 24.0 Å². The minimum absolute atomic E-state index is 0. The highest BCUT2D eigenvalue weighted by molar-refractivity contribution is 14.0. The van der Waals surface area contributed by atoms with Gasteiger partial charge < -0.3 is 24.8 Å². The molecule has 0 saturated carbocycles. The number of morpholine rings is 1. The van der Waals surface area contributed by atoms with E-state index in [9.17, 15) is 0 Å². The minimum atomic E-state index is 0. The van der Waals surface area contributed by atoms with Gasteiger partial charge in [0.25, 0.3) is 0 Å². The number of halogens is 1. The van der Waals surface area contributed by atoms with Gasteiger partial charge in [0.1, 0.15) is 0 Å². The third-order valence-corrected chi connectivity index (χ3v) is 4.92. The van der Waals surface area contributed by atoms with Crippen molar-refractivity contribution in [3.63, 3.8) is 0 Å². The van der Waals surface area contributed by atoms with Crippen LogP contribution in [0.3, 0.4) is 0 Å². The van der Waals surface area contributed by atoms with Crippen LogP contribution < -0.4 is 20.1 Å². The molecule has 2 unspecified atom stereocenters. The quantitative estimate of drug-likeness (QED) is 0.361. The zero-order chi connectivity index (χ0) is 18.4. The van der Waals surface area contributed by atoms with E-state index in [-0.39, 0.29) is 24.0 Å². The van der Waals surface area contributed by atoms with Gasteiger partial charge in [0, 0.05) is 38.8 Å². The first-order valence-electron chi connectivity index (χ1n) is 9.34. The molecule has 0 aromatic heterocycles. The maximum atomic E-state index is 5.52. The van der Waals surface area contributed by atoms with Crippen LogP contribution in [-0.4, -0.2) is 69.6 Å². The highest BCUT2D eigenvalue weighted by Crippen LogP contribution is 2.32. The Bertz CT molecular complexity index is 629. The molecule has 0 spiro atoms. The Balaban J connectivity index is 0.00000261. The van der Waals surface area contributed by atoms with Gasteiger partial charge >= 0.3 is 0 Å². The van der Waals surface area contributed by atoms with Crippen LogP contribution in [-0.2, 0) is 11.2 Å². The zero-order valence-electron chi connectivity index (χ0n) is 16.4. The Hall–Kier alpha value is -1.26. The van der Waals surface area contributed by atoms with Gasteiger partial charge in [-0.25, -0.2) is 0 Å². The number of hydrogen-bond donors (Lipinski definition) is 2. The lowest BCUT2D eigenvalue weighted by Gasteiger charge is -2.38. The second-order valence-corrected chi connectivity index (χ2v) is 6.83. The number of benzene rings is 1. The van der Waals surface area contributed by atoms with Gasteiger partial charge in [-0.05, 0) is 38.0 Å². The number of rotatable bonds is 6. The van der Waals surface area contributed by atoms with Gasteiger partial charge in [-0.2, -0.15) is 0 Å². The monoisotopic (exact) mass is 490 g/mol. The molecule has 7 nitrogen and oxygen atoms in total. The van der Waals surface area contributed by atoms with Crippen LogP contribution in [0.4, 0.5) is 0 Å². The number of nitrogens with zero attached hydrogens (tertiary/aromatic N) is 2. The summed E-state index contributed by atoms with van der Waals surface area (Å²) in [4.78, 5) is 6.80. The highest BCUT2D eigenvalue weighted by Gasteiger charge is 2.23. The molecule has 2 atom stereocenters. The predicted octanol–water partition coefficient (Wildman–Crippen LogP) is 1.85. The van der Waals surface area contributed by atoms with Gasteiger partial charge in [0.05, 0.1) is 13.2 Å². The number of nitrogens with one attached hydrogen (secondary N) is 2. The summed E-state index contributed by atoms with van der Waals surface area (Å²) in [6.07, 6.45) is 0.896. The van der Waals surface area contributed by atoms with E-state index in [0.29, 0.717) is 18.9 Å². The zero-order valence-corrected chi connectivity index (χ0v) is 18.7. The summed E-state index contributed by atoms with van der Waals surface area (Å²) in [6, 6.07) is 6.98. The molecule has 0 amide bonds. The van der Waals surface area contributed by atoms with E-state index in [1.54, 1.807) is 7.05 Å². The Morgan fingerprint density at radius 2 is 2.11 bits per heavy atom. The van der Waals surface area contributed by atoms with Crippen molar-refractivity contribution in [2.45, 2.75) is 32.4 Å². The van der Waals surface area contributed by atoms with E-state index < -0.39 is 0 Å². The number of ether oxygens (including phenoxy) is 3. The molecule has 0 bridgehead atoms. The van der Waals surface area contributed by atoms with Crippen LogP contribution in [0.1, 0.15) is 19.4 Å². The summed E-state index contributed by atoms with van der Waals surface area (Å²) in [7, 11) is 1.80. The summed E-state index contributed by atoms with van der Waals surface area (Å²) >= 11 is 0. The first kappa shape index (κ1) is 22.0. The topological polar surface area (TPSA) is 67.4 Å². The predicted molar refractivity (Wildman–Crippen MR) is 117 cm³/mol. The summed E-state index contributed by atoms with van der Waals surface area (Å²) in [5, 5.41) is 6.81. The van der Waals surface area contributed by atoms with Crippen molar-refractivity contribution >= 4 is 29.9 Å². The van der Waals surface area contributed by atoms with Crippen molar-refractivity contribution in [1.29, 1.82) is 0 Å². The molecule has 2 aliphatic rings. The molecule has 1 fully saturated rings. The van der Waals surface area contributed by atoms with Gasteiger partial charge in [0.2, 0.25) is 6.79 Å². The molecule has 0 aliphatic carbocycles. The molecule has 0 radical (unpaired) electrons. The molecule has 1 aromatic carbocycles. The van der Waals surface area contributed by atoms with E-state index in [1.165, 1.54) is 5.56 Å². The fourth-order valence-corrected chi connectivity index (χ4v) is 3.40. The van der Waals surface area contributed by atoms with Gasteiger partial charge in [-0.1, -0.05) is 6.07 Å². The SMILES string of the molecule is CN=C(NCCc1ccc2c(c1)OCO2)NCC(C)N1CCOCC1C.I. The summed E-state index contributed by atoms with van der Waals surface area (Å²) in [5.74, 6) is 2.49. The maximum absolute atomic E-state index is 5.52. The maximum Gasteiger partial charge on any atom is 0.231 e. The van der Waals surface area contributed by atoms with Crippen LogP contribution in [0.2, 0.25) is 0 Å². The molecule has 2 N–H and O–H groups in total. The summed E-state index contributed by atoms with van der Waals surface area (Å²) in [6.45, 7) is 9.05. The number of hydrogen-bond acceptors (Lipinski definition) is 5. The van der Waals surface area contributed by atoms with Crippen molar-refractivity contribution in [1.82, 2.24) is 15.5 Å². The molecular formula is C19H31IN4O3. The molecule has 2 heterocycles. The second kappa shape index (κ2) is 10.9. The van der Waals surface area contributed by atoms with E-state index in [4.69, 9.17) is 14.2 Å². The van der Waals surface area contributed by atoms with Gasteiger partial charge in [0.15, 0.2) is 17.5 Å². The van der Waals surface area contributed by atoms with Crippen molar-refractivity contribution in [2.24, 2.45) is 4.99 Å². The van der Waals surface area contributed by atoms with E-state index in [2.05, 4.69) is 40.4 Å². The third kappa shape index (κ3) is 6.11. The first-order valence-corrected chi connectivity index (χ1v) is 9.34. The summed E-state index contributed by atoms with van der Waals surface area (Å²) in [5.41, 5.74) is 1.22. The van der Waals surface area contributed by atoms with Crippen LogP contribution in [0, 0.1) is 0 Å². The van der Waals surface area contributed by atoms with E-state index in [1.807, 2.05) is 12.1 Å². The Kier molecular flexibility index (Phi) is 8.91. The van der Waals surface area contributed by atoms with E-state index >= 15 is 0 Å². The molecule has 27 heavy (non-hydrogen) atoms. The van der Waals surface area contributed by atoms with Crippen molar-refractivity contribution < 1.29 is 14.2 Å². The lowest BCUT2D eigenvalue weighted by Crippen LogP contribution is -2.53. The first-order chi connectivity index (χ1) is 12.7. The molecular weight excluding hydrogens is 459 g/mol. The number of guanidine groups is 1. The fraction of sp³-hybridized carbons (Fsp3) is 0.632. The number of fused-ring (bicyclic) bond motifs is 1. The molecule has 1 aromatic rings. The van der Waals surface area contributed by atoms with Crippen LogP contribution in [0.15, 0.2) is 23.2 Å². The van der Waals surface area contributed by atoms with Crippen LogP contribution >= 0.6 is 24.0 Å². The Morgan fingerprint density at radius 3 is 2.89 bits per heavy atom. The normalized spacial score (nSPS) is 20.7. The average Bonchev–Trinajstić information content (AvgIpc) is 3.12. The molecule has 152 valence electrons. The molecule has 2 aliphatic heterocycles. The third-order valence-electron chi connectivity index (χ3n) is 4.92. The van der Waals surface area contributed by atoms with Crippen molar-refractivity contribution in [3.05, 3.63) is 23.8 Å². The van der Waals surface area contributed by atoms with E-state index in [0.717, 1.165) is 56.7 Å². The fourth-order valence-electron chi connectivity index (χ4n) is 3.40. The van der Waals surface area contributed by atoms with Crippen LogP contribution in [0.5, 0.6) is 11.5 Å². The summed E-state index contributed by atoms with van der Waals surface area (Å²) < 4.78 is 16.3. The molecule has 1 saturated heterocycles. The average molecular weight is 490 g/mol. The highest BCUT2D eigenvalue weighted by atomic mass is 127. The second-order valence-electron chi connectivity index (χ2n) is 6.83. The Morgan fingerprint density at radius 1 is 1.30 bits per heavy atom. The standard InChI is InChI=1S/C19H30N4O3.HI/c1-14(23-8-9-24-12-15(23)2)11-22-19(20-3)21-7-6-16-4-5-17-18(10-16)26-13-25-17;/h4-5,10,14-15H,6-9,11-13H2,1-3H3,(H2,20,21,22);1H. The lowest BCUT2D eigenvalue weighted by molar-refractivity contribution is -0.0174. The minimum Gasteiger partial charge on any atom is -0.454 e.